The molecule has 0 radical (unpaired) electrons. The van der Waals surface area contributed by atoms with Gasteiger partial charge in [0.25, 0.3) is 0 Å². The molecule has 1 rings (SSSR count). The van der Waals surface area contributed by atoms with E-state index in [1.807, 2.05) is 0 Å². The summed E-state index contributed by atoms with van der Waals surface area (Å²) >= 11 is 0. The van der Waals surface area contributed by atoms with Crippen LogP contribution in [0.2, 0.25) is 0 Å². The van der Waals surface area contributed by atoms with Gasteiger partial charge in [-0.15, -0.1) is 0 Å². The molecule has 5 nitrogen and oxygen atoms in total. The third-order valence-electron chi connectivity index (χ3n) is 3.27. The van der Waals surface area contributed by atoms with Gasteiger partial charge in [-0.25, -0.2) is 9.18 Å². The van der Waals surface area contributed by atoms with Gasteiger partial charge in [0, 0.05) is 20.1 Å². The first-order valence-electron chi connectivity index (χ1n) is 6.77. The van der Waals surface area contributed by atoms with Gasteiger partial charge in [0.1, 0.15) is 5.82 Å². The molecule has 0 fully saturated rings. The van der Waals surface area contributed by atoms with Gasteiger partial charge in [-0.3, -0.25) is 4.79 Å². The number of carboxylic acids is 1. The summed E-state index contributed by atoms with van der Waals surface area (Å²) < 4.78 is 12.8. The van der Waals surface area contributed by atoms with Gasteiger partial charge in [0.15, 0.2) is 0 Å². The zero-order valence-corrected chi connectivity index (χ0v) is 12.5. The number of carboxylic acid groups (broad SMARTS) is 1. The Labute approximate surface area is 123 Å². The Balaban J connectivity index is 2.51. The Morgan fingerprint density at radius 1 is 1.29 bits per heavy atom. The minimum atomic E-state index is -0.925. The Bertz CT molecular complexity index is 488. The second-order valence-electron chi connectivity index (χ2n) is 5.36. The van der Waals surface area contributed by atoms with Crippen LogP contribution in [0.4, 0.5) is 9.18 Å². The topological polar surface area (TPSA) is 69.6 Å². The number of halogens is 1. The SMILES string of the molecule is CC(C)C(CNC(=O)N(C)Cc1ccc(F)cc1)C(=O)O. The monoisotopic (exact) mass is 296 g/mol. The molecule has 6 heteroatoms. The molecule has 0 heterocycles. The van der Waals surface area contributed by atoms with Crippen LogP contribution in [0.3, 0.4) is 0 Å². The molecule has 0 saturated heterocycles. The number of urea groups is 1. The number of carbonyl (C=O) groups excluding carboxylic acids is 1. The molecule has 1 aromatic carbocycles. The molecule has 21 heavy (non-hydrogen) atoms. The third-order valence-corrected chi connectivity index (χ3v) is 3.27. The number of amides is 2. The fourth-order valence-corrected chi connectivity index (χ4v) is 1.88. The van der Waals surface area contributed by atoms with Gasteiger partial charge in [0.2, 0.25) is 0 Å². The maximum atomic E-state index is 12.8. The highest BCUT2D eigenvalue weighted by Gasteiger charge is 2.22. The summed E-state index contributed by atoms with van der Waals surface area (Å²) in [4.78, 5) is 24.4. The van der Waals surface area contributed by atoms with Crippen LogP contribution in [-0.4, -0.2) is 35.6 Å². The summed E-state index contributed by atoms with van der Waals surface area (Å²) in [6.45, 7) is 4.01. The van der Waals surface area contributed by atoms with Gasteiger partial charge in [-0.05, 0) is 23.6 Å². The van der Waals surface area contributed by atoms with Crippen molar-refractivity contribution in [2.45, 2.75) is 20.4 Å². The second-order valence-corrected chi connectivity index (χ2v) is 5.36. The number of hydrogen-bond acceptors (Lipinski definition) is 2. The van der Waals surface area contributed by atoms with Crippen LogP contribution in [0.1, 0.15) is 19.4 Å². The van der Waals surface area contributed by atoms with Crippen molar-refractivity contribution in [2.24, 2.45) is 11.8 Å². The molecule has 1 unspecified atom stereocenters. The summed E-state index contributed by atoms with van der Waals surface area (Å²) in [6.07, 6.45) is 0. The lowest BCUT2D eigenvalue weighted by Crippen LogP contribution is -2.41. The van der Waals surface area contributed by atoms with Gasteiger partial charge in [-0.2, -0.15) is 0 Å². The standard InChI is InChI=1S/C15H21FN2O3/c1-10(2)13(14(19)20)8-17-15(21)18(3)9-11-4-6-12(16)7-5-11/h4-7,10,13H,8-9H2,1-3H3,(H,17,21)(H,19,20). The first-order chi connectivity index (χ1) is 9.81. The van der Waals surface area contributed by atoms with E-state index in [0.717, 1.165) is 5.56 Å². The fraction of sp³-hybridized carbons (Fsp3) is 0.467. The normalized spacial score (nSPS) is 12.0. The average Bonchev–Trinajstić information content (AvgIpc) is 2.40. The van der Waals surface area contributed by atoms with Crippen molar-refractivity contribution in [2.75, 3.05) is 13.6 Å². The molecule has 0 aliphatic heterocycles. The quantitative estimate of drug-likeness (QED) is 0.846. The van der Waals surface area contributed by atoms with E-state index in [4.69, 9.17) is 5.11 Å². The van der Waals surface area contributed by atoms with E-state index in [1.54, 1.807) is 33.0 Å². The van der Waals surface area contributed by atoms with Crippen LogP contribution in [0.15, 0.2) is 24.3 Å². The van der Waals surface area contributed by atoms with E-state index in [1.165, 1.54) is 17.0 Å². The molecule has 2 N–H and O–H groups in total. The first kappa shape index (κ1) is 16.9. The van der Waals surface area contributed by atoms with E-state index in [-0.39, 0.29) is 24.3 Å². The smallest absolute Gasteiger partial charge is 0.317 e. The molecule has 0 bridgehead atoms. The molecule has 0 saturated carbocycles. The predicted molar refractivity (Wildman–Crippen MR) is 77.2 cm³/mol. The molecule has 116 valence electrons. The van der Waals surface area contributed by atoms with Crippen LogP contribution in [0.25, 0.3) is 0 Å². The van der Waals surface area contributed by atoms with Gasteiger partial charge in [-0.1, -0.05) is 26.0 Å². The van der Waals surface area contributed by atoms with E-state index in [0.29, 0.717) is 6.54 Å². The third kappa shape index (κ3) is 5.41. The second kappa shape index (κ2) is 7.61. The van der Waals surface area contributed by atoms with Crippen LogP contribution < -0.4 is 5.32 Å². The van der Waals surface area contributed by atoms with Crippen molar-refractivity contribution < 1.29 is 19.1 Å². The highest BCUT2D eigenvalue weighted by molar-refractivity contribution is 5.75. The first-order valence-corrected chi connectivity index (χ1v) is 6.77. The summed E-state index contributed by atoms with van der Waals surface area (Å²) in [5, 5.41) is 11.7. The largest absolute Gasteiger partial charge is 0.481 e. The minimum Gasteiger partial charge on any atom is -0.481 e. The molecule has 0 aliphatic rings. The molecule has 0 aliphatic carbocycles. The van der Waals surface area contributed by atoms with Crippen LogP contribution in [0.5, 0.6) is 0 Å². The number of nitrogens with one attached hydrogen (secondary N) is 1. The highest BCUT2D eigenvalue weighted by atomic mass is 19.1. The van der Waals surface area contributed by atoms with E-state index >= 15 is 0 Å². The predicted octanol–water partition coefficient (Wildman–Crippen LogP) is 2.32. The Hall–Kier alpha value is -2.11. The fourth-order valence-electron chi connectivity index (χ4n) is 1.88. The number of rotatable bonds is 6. The Kier molecular flexibility index (Phi) is 6.14. The number of aliphatic carboxylic acids is 1. The number of hydrogen-bond donors (Lipinski definition) is 2. The van der Waals surface area contributed by atoms with Crippen LogP contribution in [-0.2, 0) is 11.3 Å². The van der Waals surface area contributed by atoms with E-state index in [9.17, 15) is 14.0 Å². The summed E-state index contributed by atoms with van der Waals surface area (Å²) in [6, 6.07) is 5.52. The van der Waals surface area contributed by atoms with Gasteiger partial charge >= 0.3 is 12.0 Å². The number of nitrogens with zero attached hydrogens (tertiary/aromatic N) is 1. The molecule has 1 atom stereocenters. The lowest BCUT2D eigenvalue weighted by atomic mass is 9.96. The average molecular weight is 296 g/mol. The van der Waals surface area contributed by atoms with Crippen molar-refractivity contribution in [3.05, 3.63) is 35.6 Å². The highest BCUT2D eigenvalue weighted by Crippen LogP contribution is 2.10. The summed E-state index contributed by atoms with van der Waals surface area (Å²) in [5.41, 5.74) is 0.799. The Morgan fingerprint density at radius 2 is 1.86 bits per heavy atom. The lowest BCUT2D eigenvalue weighted by molar-refractivity contribution is -0.142. The van der Waals surface area contributed by atoms with Crippen molar-refractivity contribution in [3.8, 4) is 0 Å². The van der Waals surface area contributed by atoms with Crippen LogP contribution in [0, 0.1) is 17.7 Å². The number of carbonyl (C=O) groups is 2. The number of benzene rings is 1. The van der Waals surface area contributed by atoms with Gasteiger partial charge < -0.3 is 15.3 Å². The molecular formula is C15H21FN2O3. The lowest BCUT2D eigenvalue weighted by Gasteiger charge is -2.21. The van der Waals surface area contributed by atoms with Crippen molar-refractivity contribution in [3.63, 3.8) is 0 Å². The van der Waals surface area contributed by atoms with E-state index in [2.05, 4.69) is 5.32 Å². The molecule has 1 aromatic rings. The van der Waals surface area contributed by atoms with Gasteiger partial charge in [0.05, 0.1) is 5.92 Å². The van der Waals surface area contributed by atoms with Crippen LogP contribution >= 0.6 is 0 Å². The van der Waals surface area contributed by atoms with E-state index < -0.39 is 11.9 Å². The summed E-state index contributed by atoms with van der Waals surface area (Å²) in [7, 11) is 1.60. The van der Waals surface area contributed by atoms with Crippen molar-refractivity contribution in [1.82, 2.24) is 10.2 Å². The maximum Gasteiger partial charge on any atom is 0.317 e. The zero-order valence-electron chi connectivity index (χ0n) is 12.5. The Morgan fingerprint density at radius 3 is 2.33 bits per heavy atom. The summed E-state index contributed by atoms with van der Waals surface area (Å²) in [5.74, 6) is -1.93. The zero-order chi connectivity index (χ0) is 16.0. The maximum absolute atomic E-state index is 12.8. The molecular weight excluding hydrogens is 275 g/mol. The molecule has 2 amide bonds. The molecule has 0 aromatic heterocycles. The van der Waals surface area contributed by atoms with Crippen molar-refractivity contribution >= 4 is 12.0 Å². The molecule has 0 spiro atoms. The minimum absolute atomic E-state index is 0.0646. The van der Waals surface area contributed by atoms with Crippen molar-refractivity contribution in [1.29, 1.82) is 0 Å².